The predicted molar refractivity (Wildman–Crippen MR) is 48.3 cm³/mol. The van der Waals surface area contributed by atoms with Gasteiger partial charge in [0, 0.05) is 12.4 Å². The first kappa shape index (κ1) is 6.44. The summed E-state index contributed by atoms with van der Waals surface area (Å²) < 4.78 is 9.28. The molecule has 0 saturated heterocycles. The van der Waals surface area contributed by atoms with Gasteiger partial charge in [0.15, 0.2) is 0 Å². The molecule has 0 radical (unpaired) electrons. The highest BCUT2D eigenvalue weighted by Gasteiger charge is 1.94. The molecule has 2 rings (SSSR count). The van der Waals surface area contributed by atoms with Crippen molar-refractivity contribution in [2.45, 2.75) is 0 Å². The molecule has 0 atom stereocenters. The van der Waals surface area contributed by atoms with E-state index in [-0.39, 0.29) is 0 Å². The maximum Gasteiger partial charge on any atom is 0.0991 e. The van der Waals surface area contributed by atoms with Crippen LogP contribution in [0.15, 0.2) is 42.7 Å². The van der Waals surface area contributed by atoms with Crippen molar-refractivity contribution >= 4 is 0 Å². The third kappa shape index (κ3) is 1.42. The lowest BCUT2D eigenvalue weighted by atomic mass is 10.2. The van der Waals surface area contributed by atoms with Crippen LogP contribution in [0.3, 0.4) is 0 Å². The van der Waals surface area contributed by atoms with Crippen molar-refractivity contribution in [3.05, 3.63) is 48.3 Å². The number of rotatable bonds is 1. The monoisotopic (exact) mass is 170 g/mol. The molecule has 13 heavy (non-hydrogen) atoms. The smallest absolute Gasteiger partial charge is 0.0991 e. The van der Waals surface area contributed by atoms with Gasteiger partial charge < -0.3 is 0 Å². The Bertz CT molecular complexity index is 483. The van der Waals surface area contributed by atoms with E-state index in [2.05, 4.69) is 5.10 Å². The van der Waals surface area contributed by atoms with Crippen LogP contribution in [0, 0.1) is 11.3 Å². The fourth-order valence-corrected chi connectivity index (χ4v) is 1.04. The number of benzene rings is 1. The van der Waals surface area contributed by atoms with Gasteiger partial charge in [-0.25, -0.2) is 4.68 Å². The van der Waals surface area contributed by atoms with Gasteiger partial charge >= 0.3 is 0 Å². The maximum atomic E-state index is 8.63. The van der Waals surface area contributed by atoms with Crippen LogP contribution in [0.25, 0.3) is 5.69 Å². The molecular weight excluding hydrogens is 162 g/mol. The molecule has 1 aromatic heterocycles. The Labute approximate surface area is 77.3 Å². The predicted octanol–water partition coefficient (Wildman–Crippen LogP) is 1.74. The molecule has 0 unspecified atom stereocenters. The Hall–Kier alpha value is -2.08. The average molecular weight is 170 g/mol. The van der Waals surface area contributed by atoms with Gasteiger partial charge in [0.25, 0.3) is 0 Å². The van der Waals surface area contributed by atoms with Gasteiger partial charge in [-0.15, -0.1) is 0 Å². The standard InChI is InChI=1S/C10H7N3/c11-8-9-2-4-10(5-3-9)13-7-1-6-12-13/h1-7H/i4D. The molecular formula is C10H7N3. The number of nitriles is 1. The molecule has 3 heteroatoms. The van der Waals surface area contributed by atoms with Gasteiger partial charge in [-0.1, -0.05) is 0 Å². The summed E-state index contributed by atoms with van der Waals surface area (Å²) in [5.74, 6) is 0. The highest BCUT2D eigenvalue weighted by atomic mass is 15.3. The fraction of sp³-hybridized carbons (Fsp3) is 0. The molecule has 3 nitrogen and oxygen atoms in total. The first-order valence-corrected chi connectivity index (χ1v) is 3.82. The molecule has 1 aromatic carbocycles. The number of hydrogen-bond donors (Lipinski definition) is 0. The molecule has 0 amide bonds. The number of nitrogens with zero attached hydrogens (tertiary/aromatic N) is 3. The van der Waals surface area contributed by atoms with E-state index in [0.717, 1.165) is 0 Å². The van der Waals surface area contributed by atoms with Crippen molar-refractivity contribution in [3.8, 4) is 11.8 Å². The van der Waals surface area contributed by atoms with Gasteiger partial charge in [0.1, 0.15) is 0 Å². The second-order valence-corrected chi connectivity index (χ2v) is 2.53. The summed E-state index contributed by atoms with van der Waals surface area (Å²) in [5, 5.41) is 12.6. The van der Waals surface area contributed by atoms with Gasteiger partial charge in [0.05, 0.1) is 18.7 Å². The highest BCUT2D eigenvalue weighted by Crippen LogP contribution is 2.07. The minimum atomic E-state index is 0.299. The minimum absolute atomic E-state index is 0.299. The van der Waals surface area contributed by atoms with E-state index in [1.54, 1.807) is 35.3 Å². The molecule has 0 N–H and O–H groups in total. The van der Waals surface area contributed by atoms with E-state index < -0.39 is 0 Å². The van der Waals surface area contributed by atoms with Crippen LogP contribution in [-0.4, -0.2) is 9.78 Å². The lowest BCUT2D eigenvalue weighted by Gasteiger charge is -1.99. The summed E-state index contributed by atoms with van der Waals surface area (Å²) in [5.41, 5.74) is 1.17. The lowest BCUT2D eigenvalue weighted by Crippen LogP contribution is -1.93. The van der Waals surface area contributed by atoms with E-state index >= 15 is 0 Å². The molecule has 0 aliphatic heterocycles. The molecule has 0 aliphatic rings. The Balaban J connectivity index is 2.52. The SMILES string of the molecule is [2H]c1cc(C#N)ccc1-n1cccn1. The lowest BCUT2D eigenvalue weighted by molar-refractivity contribution is 0.880. The molecule has 2 aromatic rings. The quantitative estimate of drug-likeness (QED) is 0.654. The first-order chi connectivity index (χ1) is 6.81. The summed E-state index contributed by atoms with van der Waals surface area (Å²) in [7, 11) is 0. The normalized spacial score (nSPS) is 10.5. The second-order valence-electron chi connectivity index (χ2n) is 2.53. The summed E-state index contributed by atoms with van der Waals surface area (Å²) in [6.45, 7) is 0. The van der Waals surface area contributed by atoms with Crippen LogP contribution in [0.2, 0.25) is 0 Å². The molecule has 0 saturated carbocycles. The van der Waals surface area contributed by atoms with Gasteiger partial charge in [-0.3, -0.25) is 0 Å². The van der Waals surface area contributed by atoms with Crippen molar-refractivity contribution in [1.82, 2.24) is 9.78 Å². The van der Waals surface area contributed by atoms with Crippen molar-refractivity contribution in [2.24, 2.45) is 0 Å². The molecule has 0 bridgehead atoms. The van der Waals surface area contributed by atoms with Crippen molar-refractivity contribution < 1.29 is 1.37 Å². The summed E-state index contributed by atoms with van der Waals surface area (Å²) >= 11 is 0. The third-order valence-corrected chi connectivity index (χ3v) is 1.68. The fourth-order valence-electron chi connectivity index (χ4n) is 1.04. The Morgan fingerprint density at radius 3 is 3.00 bits per heavy atom. The Morgan fingerprint density at radius 2 is 2.38 bits per heavy atom. The van der Waals surface area contributed by atoms with Crippen molar-refractivity contribution in [1.29, 1.82) is 5.26 Å². The van der Waals surface area contributed by atoms with Crippen LogP contribution in [0.4, 0.5) is 0 Å². The van der Waals surface area contributed by atoms with E-state index in [1.165, 1.54) is 6.07 Å². The summed E-state index contributed by atoms with van der Waals surface area (Å²) in [4.78, 5) is 0. The highest BCUT2D eigenvalue weighted by molar-refractivity contribution is 5.38. The topological polar surface area (TPSA) is 41.6 Å². The van der Waals surface area contributed by atoms with E-state index in [4.69, 9.17) is 6.63 Å². The number of aromatic nitrogens is 2. The van der Waals surface area contributed by atoms with E-state index in [1.807, 2.05) is 6.07 Å². The van der Waals surface area contributed by atoms with E-state index in [0.29, 0.717) is 17.3 Å². The molecule has 0 spiro atoms. The van der Waals surface area contributed by atoms with Gasteiger partial charge in [0.2, 0.25) is 0 Å². The second kappa shape index (κ2) is 3.11. The van der Waals surface area contributed by atoms with Gasteiger partial charge in [-0.2, -0.15) is 10.4 Å². The maximum absolute atomic E-state index is 8.63. The summed E-state index contributed by atoms with van der Waals surface area (Å²) in [6, 6.07) is 9.00. The number of hydrogen-bond acceptors (Lipinski definition) is 2. The zero-order valence-electron chi connectivity index (χ0n) is 7.81. The zero-order valence-corrected chi connectivity index (χ0v) is 6.81. The minimum Gasteiger partial charge on any atom is -0.241 e. The molecule has 1 heterocycles. The van der Waals surface area contributed by atoms with Crippen molar-refractivity contribution in [2.75, 3.05) is 0 Å². The largest absolute Gasteiger partial charge is 0.241 e. The Morgan fingerprint density at radius 1 is 1.46 bits per heavy atom. The van der Waals surface area contributed by atoms with Crippen LogP contribution < -0.4 is 0 Å². The van der Waals surface area contributed by atoms with E-state index in [9.17, 15) is 0 Å². The third-order valence-electron chi connectivity index (χ3n) is 1.68. The van der Waals surface area contributed by atoms with Crippen LogP contribution >= 0.6 is 0 Å². The molecule has 0 fully saturated rings. The molecule has 0 aliphatic carbocycles. The molecule has 62 valence electrons. The summed E-state index contributed by atoms with van der Waals surface area (Å²) in [6.07, 6.45) is 3.41. The first-order valence-electron chi connectivity index (χ1n) is 4.32. The average Bonchev–Trinajstić information content (AvgIpc) is 2.70. The van der Waals surface area contributed by atoms with Gasteiger partial charge in [-0.05, 0) is 30.3 Å². The Kier molecular flexibility index (Phi) is 1.54. The van der Waals surface area contributed by atoms with Crippen molar-refractivity contribution in [3.63, 3.8) is 0 Å². The van der Waals surface area contributed by atoms with Crippen LogP contribution in [0.1, 0.15) is 6.93 Å². The van der Waals surface area contributed by atoms with Crippen LogP contribution in [0.5, 0.6) is 0 Å². The van der Waals surface area contributed by atoms with Crippen LogP contribution in [-0.2, 0) is 0 Å². The zero-order chi connectivity index (χ0) is 9.97.